The van der Waals surface area contributed by atoms with Gasteiger partial charge in [0.15, 0.2) is 17.6 Å². The smallest absolute Gasteiger partial charge is 0.261 e. The predicted octanol–water partition coefficient (Wildman–Crippen LogP) is 4.10. The summed E-state index contributed by atoms with van der Waals surface area (Å²) in [5.41, 5.74) is 0.886. The first kappa shape index (κ1) is 20.6. The zero-order valence-electron chi connectivity index (χ0n) is 16.0. The van der Waals surface area contributed by atoms with Crippen LogP contribution in [0.3, 0.4) is 0 Å². The maximum atomic E-state index is 12.9. The Morgan fingerprint density at radius 3 is 2.56 bits per heavy atom. The second-order valence-electron chi connectivity index (χ2n) is 6.12. The molecule has 0 aliphatic heterocycles. The topological polar surface area (TPSA) is 56.8 Å². The Labute approximate surface area is 159 Å². The minimum absolute atomic E-state index is 0.262. The third-order valence-corrected chi connectivity index (χ3v) is 3.95. The Bertz CT molecular complexity index is 733. The van der Waals surface area contributed by atoms with Gasteiger partial charge in [-0.2, -0.15) is 0 Å². The predicted molar refractivity (Wildman–Crippen MR) is 102 cm³/mol. The van der Waals surface area contributed by atoms with Gasteiger partial charge in [-0.15, -0.1) is 0 Å². The monoisotopic (exact) mass is 375 g/mol. The highest BCUT2D eigenvalue weighted by Gasteiger charge is 2.15. The average Bonchev–Trinajstić information content (AvgIpc) is 2.68. The van der Waals surface area contributed by atoms with Crippen molar-refractivity contribution >= 4 is 5.91 Å². The van der Waals surface area contributed by atoms with E-state index >= 15 is 0 Å². The Hall–Kier alpha value is -2.76. The van der Waals surface area contributed by atoms with Crippen LogP contribution in [0.1, 0.15) is 32.3 Å². The summed E-state index contributed by atoms with van der Waals surface area (Å²) in [7, 11) is 1.59. The van der Waals surface area contributed by atoms with E-state index in [1.807, 2.05) is 18.2 Å². The van der Waals surface area contributed by atoms with Crippen molar-refractivity contribution < 1.29 is 23.4 Å². The van der Waals surface area contributed by atoms with Crippen LogP contribution in [-0.4, -0.2) is 25.7 Å². The van der Waals surface area contributed by atoms with Gasteiger partial charge in [-0.1, -0.05) is 19.4 Å². The van der Waals surface area contributed by atoms with E-state index in [2.05, 4.69) is 12.2 Å². The Kier molecular flexibility index (Phi) is 7.92. The van der Waals surface area contributed by atoms with Gasteiger partial charge < -0.3 is 19.5 Å². The second kappa shape index (κ2) is 10.4. The van der Waals surface area contributed by atoms with Crippen molar-refractivity contribution in [2.45, 2.75) is 39.3 Å². The number of benzene rings is 2. The number of rotatable bonds is 10. The number of carbonyl (C=O) groups is 1. The van der Waals surface area contributed by atoms with E-state index < -0.39 is 6.10 Å². The molecule has 6 heteroatoms. The number of methoxy groups -OCH3 is 1. The Morgan fingerprint density at radius 2 is 1.89 bits per heavy atom. The molecule has 0 aliphatic carbocycles. The molecule has 1 unspecified atom stereocenters. The number of amides is 1. The Balaban J connectivity index is 1.88. The molecule has 27 heavy (non-hydrogen) atoms. The van der Waals surface area contributed by atoms with Crippen molar-refractivity contribution in [1.29, 1.82) is 0 Å². The normalized spacial score (nSPS) is 11.6. The van der Waals surface area contributed by atoms with Crippen LogP contribution in [0.25, 0.3) is 0 Å². The van der Waals surface area contributed by atoms with E-state index in [9.17, 15) is 9.18 Å². The summed E-state index contributed by atoms with van der Waals surface area (Å²) >= 11 is 0. The molecule has 1 atom stereocenters. The molecular weight excluding hydrogens is 349 g/mol. The van der Waals surface area contributed by atoms with Gasteiger partial charge >= 0.3 is 0 Å². The molecule has 1 N–H and O–H groups in total. The van der Waals surface area contributed by atoms with Crippen molar-refractivity contribution in [1.82, 2.24) is 5.32 Å². The summed E-state index contributed by atoms with van der Waals surface area (Å²) in [5.74, 6) is 1.15. The molecular formula is C21H26FNO4. The molecule has 2 rings (SSSR count). The summed E-state index contributed by atoms with van der Waals surface area (Å²) in [6.45, 7) is 4.72. The lowest BCUT2D eigenvalue weighted by molar-refractivity contribution is -0.127. The molecule has 0 aliphatic rings. The SMILES string of the molecule is CCCCOc1ccc(CNC(=O)C(C)Oc2ccc(F)cc2)cc1OC. The van der Waals surface area contributed by atoms with Crippen molar-refractivity contribution in [3.8, 4) is 17.2 Å². The molecule has 5 nitrogen and oxygen atoms in total. The molecule has 0 aromatic heterocycles. The molecule has 2 aromatic rings. The van der Waals surface area contributed by atoms with Crippen molar-refractivity contribution in [2.75, 3.05) is 13.7 Å². The number of nitrogens with one attached hydrogen (secondary N) is 1. The second-order valence-corrected chi connectivity index (χ2v) is 6.12. The minimum Gasteiger partial charge on any atom is -0.493 e. The minimum atomic E-state index is -0.700. The van der Waals surface area contributed by atoms with Gasteiger partial charge in [0.05, 0.1) is 13.7 Å². The zero-order valence-corrected chi connectivity index (χ0v) is 16.0. The number of hydrogen-bond donors (Lipinski definition) is 1. The summed E-state index contributed by atoms with van der Waals surface area (Å²) < 4.78 is 29.5. The number of carbonyl (C=O) groups excluding carboxylic acids is 1. The van der Waals surface area contributed by atoms with E-state index in [0.29, 0.717) is 30.4 Å². The largest absolute Gasteiger partial charge is 0.493 e. The van der Waals surface area contributed by atoms with Crippen LogP contribution < -0.4 is 19.5 Å². The summed E-state index contributed by atoms with van der Waals surface area (Å²) in [6, 6.07) is 11.1. The Morgan fingerprint density at radius 1 is 1.15 bits per heavy atom. The first-order chi connectivity index (χ1) is 13.0. The van der Waals surface area contributed by atoms with Gasteiger partial charge in [-0.25, -0.2) is 4.39 Å². The van der Waals surface area contributed by atoms with Crippen molar-refractivity contribution in [3.63, 3.8) is 0 Å². The molecule has 0 heterocycles. The number of halogens is 1. The van der Waals surface area contributed by atoms with E-state index in [1.165, 1.54) is 24.3 Å². The molecule has 146 valence electrons. The first-order valence-electron chi connectivity index (χ1n) is 9.03. The molecule has 2 aromatic carbocycles. The van der Waals surface area contributed by atoms with Crippen molar-refractivity contribution in [3.05, 3.63) is 53.8 Å². The zero-order chi connectivity index (χ0) is 19.6. The molecule has 0 saturated carbocycles. The van der Waals surface area contributed by atoms with Gasteiger partial charge in [0.1, 0.15) is 11.6 Å². The van der Waals surface area contributed by atoms with Crippen LogP contribution in [-0.2, 0) is 11.3 Å². The number of hydrogen-bond acceptors (Lipinski definition) is 4. The molecule has 0 radical (unpaired) electrons. The van der Waals surface area contributed by atoms with Crippen LogP contribution in [0.4, 0.5) is 4.39 Å². The van der Waals surface area contributed by atoms with Gasteiger partial charge in [-0.05, 0) is 55.3 Å². The highest BCUT2D eigenvalue weighted by Crippen LogP contribution is 2.28. The fraction of sp³-hybridized carbons (Fsp3) is 0.381. The van der Waals surface area contributed by atoms with Crippen LogP contribution in [0.15, 0.2) is 42.5 Å². The van der Waals surface area contributed by atoms with E-state index in [1.54, 1.807) is 14.0 Å². The van der Waals surface area contributed by atoms with Gasteiger partial charge in [-0.3, -0.25) is 4.79 Å². The van der Waals surface area contributed by atoms with E-state index in [-0.39, 0.29) is 11.7 Å². The standard InChI is InChI=1S/C21H26FNO4/c1-4-5-12-26-19-11-6-16(13-20(19)25-3)14-23-21(24)15(2)27-18-9-7-17(22)8-10-18/h6-11,13,15H,4-5,12,14H2,1-3H3,(H,23,24). The summed E-state index contributed by atoms with van der Waals surface area (Å²) in [5, 5.41) is 2.82. The van der Waals surface area contributed by atoms with Gasteiger partial charge in [0.2, 0.25) is 0 Å². The fourth-order valence-corrected chi connectivity index (χ4v) is 2.37. The molecule has 0 saturated heterocycles. The van der Waals surface area contributed by atoms with Crippen LogP contribution in [0, 0.1) is 5.82 Å². The van der Waals surface area contributed by atoms with Crippen LogP contribution >= 0.6 is 0 Å². The number of unbranched alkanes of at least 4 members (excludes halogenated alkanes) is 1. The maximum absolute atomic E-state index is 12.9. The lowest BCUT2D eigenvalue weighted by Crippen LogP contribution is -2.35. The van der Waals surface area contributed by atoms with Crippen LogP contribution in [0.2, 0.25) is 0 Å². The third-order valence-electron chi connectivity index (χ3n) is 3.95. The first-order valence-corrected chi connectivity index (χ1v) is 9.03. The van der Waals surface area contributed by atoms with E-state index in [0.717, 1.165) is 18.4 Å². The lowest BCUT2D eigenvalue weighted by atomic mass is 10.2. The third kappa shape index (κ3) is 6.47. The van der Waals surface area contributed by atoms with Crippen LogP contribution in [0.5, 0.6) is 17.2 Å². The quantitative estimate of drug-likeness (QED) is 0.636. The van der Waals surface area contributed by atoms with Gasteiger partial charge in [0, 0.05) is 6.54 Å². The maximum Gasteiger partial charge on any atom is 0.261 e. The fourth-order valence-electron chi connectivity index (χ4n) is 2.37. The summed E-state index contributed by atoms with van der Waals surface area (Å²) in [6.07, 6.45) is 1.34. The molecule has 0 bridgehead atoms. The average molecular weight is 375 g/mol. The summed E-state index contributed by atoms with van der Waals surface area (Å²) in [4.78, 5) is 12.2. The highest BCUT2D eigenvalue weighted by molar-refractivity contribution is 5.80. The molecule has 0 spiro atoms. The van der Waals surface area contributed by atoms with E-state index in [4.69, 9.17) is 14.2 Å². The molecule has 0 fully saturated rings. The lowest BCUT2D eigenvalue weighted by Gasteiger charge is -2.15. The highest BCUT2D eigenvalue weighted by atomic mass is 19.1. The molecule has 1 amide bonds. The van der Waals surface area contributed by atoms with Crippen molar-refractivity contribution in [2.24, 2.45) is 0 Å². The number of ether oxygens (including phenoxy) is 3. The van der Waals surface area contributed by atoms with Gasteiger partial charge in [0.25, 0.3) is 5.91 Å².